The molecule has 0 aliphatic carbocycles. The molecule has 0 heterocycles. The van der Waals surface area contributed by atoms with Crippen molar-refractivity contribution in [2.45, 2.75) is 32.4 Å². The van der Waals surface area contributed by atoms with Crippen LogP contribution in [0.15, 0.2) is 24.3 Å². The first kappa shape index (κ1) is 15.5. The lowest BCUT2D eigenvalue weighted by atomic mass is 10.2. The van der Waals surface area contributed by atoms with Gasteiger partial charge < -0.3 is 20.9 Å². The van der Waals surface area contributed by atoms with E-state index in [-0.39, 0.29) is 18.9 Å². The molecular weight excluding hydrogens is 244 g/mol. The van der Waals surface area contributed by atoms with Crippen molar-refractivity contribution in [2.75, 3.05) is 13.2 Å². The Hall–Kier alpha value is -1.59. The Morgan fingerprint density at radius 3 is 2.89 bits per heavy atom. The van der Waals surface area contributed by atoms with Crippen molar-refractivity contribution < 1.29 is 14.6 Å². The maximum absolute atomic E-state index is 11.5. The first-order valence-electron chi connectivity index (χ1n) is 6.39. The number of aryl methyl sites for hydroxylation is 1. The highest BCUT2D eigenvalue weighted by Gasteiger charge is 2.10. The third-order valence-corrected chi connectivity index (χ3v) is 2.74. The lowest BCUT2D eigenvalue weighted by Crippen LogP contribution is -2.43. The molecule has 5 heteroatoms. The van der Waals surface area contributed by atoms with Gasteiger partial charge in [-0.25, -0.2) is 0 Å². The van der Waals surface area contributed by atoms with Gasteiger partial charge in [-0.05, 0) is 31.5 Å². The molecule has 0 bridgehead atoms. The zero-order valence-electron chi connectivity index (χ0n) is 11.4. The zero-order chi connectivity index (χ0) is 14.3. The lowest BCUT2D eigenvalue weighted by molar-refractivity contribution is -0.121. The predicted molar refractivity (Wildman–Crippen MR) is 74.0 cm³/mol. The molecule has 0 spiro atoms. The van der Waals surface area contributed by atoms with Crippen LogP contribution in [0.5, 0.6) is 5.75 Å². The maximum Gasteiger partial charge on any atom is 0.223 e. The Morgan fingerprint density at radius 2 is 2.26 bits per heavy atom. The lowest BCUT2D eigenvalue weighted by Gasteiger charge is -2.15. The number of carbonyl (C=O) groups excluding carboxylic acids is 1. The molecule has 2 unspecified atom stereocenters. The summed E-state index contributed by atoms with van der Waals surface area (Å²) in [5, 5.41) is 11.8. The van der Waals surface area contributed by atoms with E-state index < -0.39 is 12.1 Å². The number of amides is 1. The van der Waals surface area contributed by atoms with E-state index in [1.807, 2.05) is 31.2 Å². The Bertz CT molecular complexity index is 407. The van der Waals surface area contributed by atoms with Crippen LogP contribution in [-0.2, 0) is 4.79 Å². The van der Waals surface area contributed by atoms with Crippen LogP contribution >= 0.6 is 0 Å². The minimum absolute atomic E-state index is 0.135. The summed E-state index contributed by atoms with van der Waals surface area (Å²) in [5.74, 6) is 0.622. The molecule has 0 aliphatic heterocycles. The van der Waals surface area contributed by atoms with Gasteiger partial charge in [0.25, 0.3) is 0 Å². The number of nitrogens with two attached hydrogens (primary N) is 1. The predicted octanol–water partition coefficient (Wildman–Crippen LogP) is 0.588. The summed E-state index contributed by atoms with van der Waals surface area (Å²) in [6.45, 7) is 4.16. The highest BCUT2D eigenvalue weighted by Crippen LogP contribution is 2.12. The third kappa shape index (κ3) is 6.22. The van der Waals surface area contributed by atoms with Crippen LogP contribution in [0.4, 0.5) is 0 Å². The first-order chi connectivity index (χ1) is 8.99. The molecule has 0 saturated carbocycles. The zero-order valence-corrected chi connectivity index (χ0v) is 11.4. The number of aliphatic hydroxyl groups is 1. The Morgan fingerprint density at radius 1 is 1.53 bits per heavy atom. The van der Waals surface area contributed by atoms with E-state index in [0.29, 0.717) is 6.61 Å². The molecular formula is C14H22N2O3. The molecule has 0 saturated heterocycles. The standard InChI is InChI=1S/C14H22N2O3/c1-10-4-3-5-12(8-10)19-7-6-14(18)16-9-13(15)11(2)17/h3-5,8,11,13,17H,6-7,9,15H2,1-2H3,(H,16,18). The topological polar surface area (TPSA) is 84.6 Å². The minimum Gasteiger partial charge on any atom is -0.493 e. The summed E-state index contributed by atoms with van der Waals surface area (Å²) in [5.41, 5.74) is 6.72. The molecule has 1 aromatic rings. The monoisotopic (exact) mass is 266 g/mol. The quantitative estimate of drug-likeness (QED) is 0.674. The van der Waals surface area contributed by atoms with Gasteiger partial charge in [-0.2, -0.15) is 0 Å². The first-order valence-corrected chi connectivity index (χ1v) is 6.39. The minimum atomic E-state index is -0.635. The molecule has 1 amide bonds. The van der Waals surface area contributed by atoms with Crippen molar-refractivity contribution in [3.05, 3.63) is 29.8 Å². The van der Waals surface area contributed by atoms with Gasteiger partial charge in [-0.1, -0.05) is 12.1 Å². The molecule has 0 aliphatic rings. The molecule has 0 radical (unpaired) electrons. The molecule has 1 aromatic carbocycles. The number of benzene rings is 1. The summed E-state index contributed by atoms with van der Waals surface area (Å²) < 4.78 is 5.47. The number of carbonyl (C=O) groups is 1. The molecule has 19 heavy (non-hydrogen) atoms. The van der Waals surface area contributed by atoms with Crippen LogP contribution in [0.3, 0.4) is 0 Å². The van der Waals surface area contributed by atoms with Gasteiger partial charge in [0, 0.05) is 12.6 Å². The highest BCUT2D eigenvalue weighted by atomic mass is 16.5. The van der Waals surface area contributed by atoms with Gasteiger partial charge >= 0.3 is 0 Å². The van der Waals surface area contributed by atoms with Crippen molar-refractivity contribution in [3.63, 3.8) is 0 Å². The second kappa shape index (κ2) is 7.76. The van der Waals surface area contributed by atoms with Crippen LogP contribution in [-0.4, -0.2) is 36.3 Å². The second-order valence-electron chi connectivity index (χ2n) is 4.62. The average Bonchev–Trinajstić information content (AvgIpc) is 2.36. The van der Waals surface area contributed by atoms with E-state index in [2.05, 4.69) is 5.32 Å². The van der Waals surface area contributed by atoms with E-state index in [4.69, 9.17) is 10.5 Å². The SMILES string of the molecule is Cc1cccc(OCCC(=O)NCC(N)C(C)O)c1. The molecule has 0 fully saturated rings. The number of nitrogens with one attached hydrogen (secondary N) is 1. The number of rotatable bonds is 7. The molecule has 0 aromatic heterocycles. The van der Waals surface area contributed by atoms with Gasteiger partial charge in [-0.3, -0.25) is 4.79 Å². The summed E-state index contributed by atoms with van der Waals surface area (Å²) in [6.07, 6.45) is -0.371. The Balaban J connectivity index is 2.20. The van der Waals surface area contributed by atoms with E-state index in [0.717, 1.165) is 11.3 Å². The van der Waals surface area contributed by atoms with Crippen LogP contribution in [0.25, 0.3) is 0 Å². The summed E-state index contributed by atoms with van der Waals surface area (Å²) in [6, 6.07) is 7.22. The fourth-order valence-corrected chi connectivity index (χ4v) is 1.46. The fourth-order valence-electron chi connectivity index (χ4n) is 1.46. The van der Waals surface area contributed by atoms with Crippen LogP contribution in [0, 0.1) is 6.92 Å². The van der Waals surface area contributed by atoms with Gasteiger partial charge in [0.15, 0.2) is 0 Å². The second-order valence-corrected chi connectivity index (χ2v) is 4.62. The Kier molecular flexibility index (Phi) is 6.32. The van der Waals surface area contributed by atoms with Crippen LogP contribution in [0.1, 0.15) is 18.9 Å². The summed E-state index contributed by atoms with van der Waals surface area (Å²) >= 11 is 0. The van der Waals surface area contributed by atoms with Gasteiger partial charge in [0.2, 0.25) is 5.91 Å². The number of hydrogen-bond donors (Lipinski definition) is 3. The van der Waals surface area contributed by atoms with Gasteiger partial charge in [0.1, 0.15) is 5.75 Å². The maximum atomic E-state index is 11.5. The smallest absolute Gasteiger partial charge is 0.223 e. The van der Waals surface area contributed by atoms with E-state index in [9.17, 15) is 9.90 Å². The average molecular weight is 266 g/mol. The molecule has 4 N–H and O–H groups in total. The van der Waals surface area contributed by atoms with E-state index in [1.54, 1.807) is 6.92 Å². The Labute approximate surface area is 113 Å². The summed E-state index contributed by atoms with van der Waals surface area (Å²) in [7, 11) is 0. The molecule has 2 atom stereocenters. The van der Waals surface area contributed by atoms with E-state index in [1.165, 1.54) is 0 Å². The molecule has 1 rings (SSSR count). The molecule has 5 nitrogen and oxygen atoms in total. The van der Waals surface area contributed by atoms with Crippen LogP contribution in [0.2, 0.25) is 0 Å². The van der Waals surface area contributed by atoms with Crippen molar-refractivity contribution in [1.29, 1.82) is 0 Å². The third-order valence-electron chi connectivity index (χ3n) is 2.74. The van der Waals surface area contributed by atoms with Crippen molar-refractivity contribution in [2.24, 2.45) is 5.73 Å². The molecule has 106 valence electrons. The summed E-state index contributed by atoms with van der Waals surface area (Å²) in [4.78, 5) is 11.5. The van der Waals surface area contributed by atoms with Gasteiger partial charge in [0.05, 0.1) is 19.1 Å². The number of ether oxygens (including phenoxy) is 1. The normalized spacial score (nSPS) is 13.7. The number of hydrogen-bond acceptors (Lipinski definition) is 4. The largest absolute Gasteiger partial charge is 0.493 e. The van der Waals surface area contributed by atoms with Crippen molar-refractivity contribution in [1.82, 2.24) is 5.32 Å². The van der Waals surface area contributed by atoms with Crippen LogP contribution < -0.4 is 15.8 Å². The van der Waals surface area contributed by atoms with Crippen molar-refractivity contribution >= 4 is 5.91 Å². The van der Waals surface area contributed by atoms with Gasteiger partial charge in [-0.15, -0.1) is 0 Å². The fraction of sp³-hybridized carbons (Fsp3) is 0.500. The number of aliphatic hydroxyl groups excluding tert-OH is 1. The highest BCUT2D eigenvalue weighted by molar-refractivity contribution is 5.76. The van der Waals surface area contributed by atoms with E-state index >= 15 is 0 Å². The van der Waals surface area contributed by atoms with Crippen molar-refractivity contribution in [3.8, 4) is 5.75 Å².